The van der Waals surface area contributed by atoms with Gasteiger partial charge in [-0.05, 0) is 43.4 Å². The Morgan fingerprint density at radius 1 is 1.21 bits per heavy atom. The number of nitrogens with one attached hydrogen (secondary N) is 1. The Morgan fingerprint density at radius 2 is 2.05 bits per heavy atom. The zero-order chi connectivity index (χ0) is 13.1. The third-order valence-electron chi connectivity index (χ3n) is 4.31. The number of aryl methyl sites for hydroxylation is 1. The minimum absolute atomic E-state index is 0.194. The smallest absolute Gasteiger partial charge is 0.227 e. The number of hydrogen-bond donors (Lipinski definition) is 1. The lowest BCUT2D eigenvalue weighted by molar-refractivity contribution is -0.136. The van der Waals surface area contributed by atoms with Crippen LogP contribution in [0.2, 0.25) is 0 Å². The highest BCUT2D eigenvalue weighted by atomic mass is 16.2. The molecule has 0 spiro atoms. The molecule has 19 heavy (non-hydrogen) atoms. The predicted octanol–water partition coefficient (Wildman–Crippen LogP) is 1.96. The Morgan fingerprint density at radius 3 is 2.84 bits per heavy atom. The van der Waals surface area contributed by atoms with E-state index in [2.05, 4.69) is 34.5 Å². The lowest BCUT2D eigenvalue weighted by Crippen LogP contribution is -2.42. The van der Waals surface area contributed by atoms with Crippen molar-refractivity contribution in [2.75, 3.05) is 19.6 Å². The van der Waals surface area contributed by atoms with Crippen LogP contribution >= 0.6 is 0 Å². The van der Waals surface area contributed by atoms with Crippen molar-refractivity contribution in [3.05, 3.63) is 35.4 Å². The van der Waals surface area contributed by atoms with Gasteiger partial charge in [0.1, 0.15) is 0 Å². The Bertz CT molecular complexity index is 452. The molecule has 0 unspecified atom stereocenters. The van der Waals surface area contributed by atoms with Crippen LogP contribution in [0.15, 0.2) is 24.3 Å². The molecular formula is C16H22N2O. The van der Waals surface area contributed by atoms with Gasteiger partial charge in [0.2, 0.25) is 5.91 Å². The van der Waals surface area contributed by atoms with Crippen molar-refractivity contribution >= 4 is 5.91 Å². The number of piperidine rings is 1. The highest BCUT2D eigenvalue weighted by Gasteiger charge is 2.27. The van der Waals surface area contributed by atoms with Crippen molar-refractivity contribution in [1.82, 2.24) is 10.2 Å². The van der Waals surface area contributed by atoms with Crippen LogP contribution in [0, 0.1) is 5.92 Å². The van der Waals surface area contributed by atoms with Gasteiger partial charge in [0.05, 0.1) is 5.92 Å². The average molecular weight is 258 g/mol. The van der Waals surface area contributed by atoms with Gasteiger partial charge in [-0.3, -0.25) is 4.79 Å². The normalized spacial score (nSPS) is 23.6. The highest BCUT2D eigenvalue weighted by molar-refractivity contribution is 5.79. The number of benzene rings is 1. The zero-order valence-electron chi connectivity index (χ0n) is 11.4. The largest absolute Gasteiger partial charge is 0.338 e. The molecule has 102 valence electrons. The maximum atomic E-state index is 12.6. The fourth-order valence-electron chi connectivity index (χ4n) is 3.21. The molecular weight excluding hydrogens is 236 g/mol. The summed E-state index contributed by atoms with van der Waals surface area (Å²) in [5.41, 5.74) is 2.75. The molecule has 1 fully saturated rings. The average Bonchev–Trinajstić information content (AvgIpc) is 2.69. The number of nitrogens with zero attached hydrogens (tertiary/aromatic N) is 1. The fourth-order valence-corrected chi connectivity index (χ4v) is 3.21. The Labute approximate surface area is 115 Å². The molecule has 1 aromatic carbocycles. The Kier molecular flexibility index (Phi) is 3.83. The van der Waals surface area contributed by atoms with Crippen LogP contribution < -0.4 is 5.32 Å². The maximum absolute atomic E-state index is 12.6. The lowest BCUT2D eigenvalue weighted by Gasteiger charge is -2.29. The minimum Gasteiger partial charge on any atom is -0.338 e. The summed E-state index contributed by atoms with van der Waals surface area (Å²) >= 11 is 0. The molecule has 1 amide bonds. The van der Waals surface area contributed by atoms with Crippen molar-refractivity contribution in [2.24, 2.45) is 5.92 Å². The molecule has 1 saturated heterocycles. The fraction of sp³-hybridized carbons (Fsp3) is 0.562. The van der Waals surface area contributed by atoms with Crippen LogP contribution in [-0.4, -0.2) is 30.4 Å². The summed E-state index contributed by atoms with van der Waals surface area (Å²) in [6, 6.07) is 8.54. The molecule has 3 heteroatoms. The van der Waals surface area contributed by atoms with Gasteiger partial charge in [-0.15, -0.1) is 0 Å². The van der Waals surface area contributed by atoms with Crippen molar-refractivity contribution in [2.45, 2.75) is 32.2 Å². The molecule has 2 aliphatic heterocycles. The first kappa shape index (κ1) is 12.7. The van der Waals surface area contributed by atoms with Crippen LogP contribution in [0.3, 0.4) is 0 Å². The van der Waals surface area contributed by atoms with Gasteiger partial charge in [-0.2, -0.15) is 0 Å². The summed E-state index contributed by atoms with van der Waals surface area (Å²) in [6.07, 6.45) is 4.36. The molecule has 0 saturated carbocycles. The van der Waals surface area contributed by atoms with Gasteiger partial charge in [0, 0.05) is 19.6 Å². The second kappa shape index (κ2) is 5.74. The number of rotatable bonds is 1. The van der Waals surface area contributed by atoms with E-state index in [1.165, 1.54) is 11.1 Å². The predicted molar refractivity (Wildman–Crippen MR) is 75.8 cm³/mol. The van der Waals surface area contributed by atoms with Crippen LogP contribution in [0.25, 0.3) is 0 Å². The van der Waals surface area contributed by atoms with E-state index in [0.717, 1.165) is 51.9 Å². The number of hydrogen-bond acceptors (Lipinski definition) is 2. The van der Waals surface area contributed by atoms with Crippen LogP contribution in [0.1, 0.15) is 30.4 Å². The van der Waals surface area contributed by atoms with E-state index in [-0.39, 0.29) is 5.92 Å². The summed E-state index contributed by atoms with van der Waals surface area (Å²) in [4.78, 5) is 14.7. The minimum atomic E-state index is 0.194. The van der Waals surface area contributed by atoms with Crippen molar-refractivity contribution < 1.29 is 4.79 Å². The first-order valence-electron chi connectivity index (χ1n) is 7.41. The first-order chi connectivity index (χ1) is 9.34. The zero-order valence-corrected chi connectivity index (χ0v) is 11.4. The summed E-state index contributed by atoms with van der Waals surface area (Å²) < 4.78 is 0. The molecule has 0 aromatic heterocycles. The van der Waals surface area contributed by atoms with Gasteiger partial charge >= 0.3 is 0 Å². The molecule has 0 bridgehead atoms. The van der Waals surface area contributed by atoms with Crippen LogP contribution in [0.5, 0.6) is 0 Å². The summed E-state index contributed by atoms with van der Waals surface area (Å²) in [6.45, 7) is 3.62. The first-order valence-corrected chi connectivity index (χ1v) is 7.41. The molecule has 2 heterocycles. The third kappa shape index (κ3) is 2.81. The van der Waals surface area contributed by atoms with E-state index >= 15 is 0 Å². The Balaban J connectivity index is 1.73. The van der Waals surface area contributed by atoms with Crippen molar-refractivity contribution in [1.29, 1.82) is 0 Å². The topological polar surface area (TPSA) is 32.3 Å². The molecule has 0 aliphatic carbocycles. The molecule has 1 N–H and O–H groups in total. The number of carbonyl (C=O) groups is 1. The van der Waals surface area contributed by atoms with E-state index in [0.29, 0.717) is 5.91 Å². The van der Waals surface area contributed by atoms with E-state index in [9.17, 15) is 4.79 Å². The third-order valence-corrected chi connectivity index (χ3v) is 4.31. The molecule has 1 atom stereocenters. The van der Waals surface area contributed by atoms with Crippen molar-refractivity contribution in [3.8, 4) is 0 Å². The summed E-state index contributed by atoms with van der Waals surface area (Å²) in [5, 5.41) is 3.34. The van der Waals surface area contributed by atoms with Gasteiger partial charge in [-0.1, -0.05) is 24.3 Å². The standard InChI is InChI=1S/C16H22N2O/c19-16(14-7-3-9-17-11-14)18-10-4-8-13-5-1-2-6-15(13)12-18/h1-2,5-6,14,17H,3-4,7-12H2/t14-/m0/s1. The van der Waals surface area contributed by atoms with E-state index in [1.54, 1.807) is 0 Å². The molecule has 2 aliphatic rings. The number of fused-ring (bicyclic) bond motifs is 1. The molecule has 0 radical (unpaired) electrons. The number of amides is 1. The van der Waals surface area contributed by atoms with E-state index in [4.69, 9.17) is 0 Å². The van der Waals surface area contributed by atoms with E-state index in [1.807, 2.05) is 0 Å². The van der Waals surface area contributed by atoms with Crippen LogP contribution in [-0.2, 0) is 17.8 Å². The number of carbonyl (C=O) groups excluding carboxylic acids is 1. The van der Waals surface area contributed by atoms with Crippen molar-refractivity contribution in [3.63, 3.8) is 0 Å². The van der Waals surface area contributed by atoms with Gasteiger partial charge in [0.15, 0.2) is 0 Å². The summed E-state index contributed by atoms with van der Waals surface area (Å²) in [5.74, 6) is 0.544. The quantitative estimate of drug-likeness (QED) is 0.835. The lowest BCUT2D eigenvalue weighted by atomic mass is 9.98. The van der Waals surface area contributed by atoms with Gasteiger partial charge in [-0.25, -0.2) is 0 Å². The summed E-state index contributed by atoms with van der Waals surface area (Å²) in [7, 11) is 0. The maximum Gasteiger partial charge on any atom is 0.227 e. The molecule has 1 aromatic rings. The molecule has 3 nitrogen and oxygen atoms in total. The van der Waals surface area contributed by atoms with Crippen LogP contribution in [0.4, 0.5) is 0 Å². The monoisotopic (exact) mass is 258 g/mol. The highest BCUT2D eigenvalue weighted by Crippen LogP contribution is 2.21. The second-order valence-corrected chi connectivity index (χ2v) is 5.68. The SMILES string of the molecule is O=C([C@H]1CCCNC1)N1CCCc2ccccc2C1. The van der Waals surface area contributed by atoms with E-state index < -0.39 is 0 Å². The van der Waals surface area contributed by atoms with Gasteiger partial charge < -0.3 is 10.2 Å². The Hall–Kier alpha value is -1.35. The second-order valence-electron chi connectivity index (χ2n) is 5.68. The molecule has 3 rings (SSSR count). The van der Waals surface area contributed by atoms with Gasteiger partial charge in [0.25, 0.3) is 0 Å².